The number of benzene rings is 1. The van der Waals surface area contributed by atoms with Gasteiger partial charge < -0.3 is 11.1 Å². The Balaban J connectivity index is 1.88. The predicted molar refractivity (Wildman–Crippen MR) is 96.3 cm³/mol. The number of hydrogen-bond donors (Lipinski definition) is 3. The third-order valence-corrected chi connectivity index (χ3v) is 4.93. The SMILES string of the molecule is CC1(CNc2c(N)n(Cc3ccccc3)c(=O)[nH]c2=O)CCCC1. The van der Waals surface area contributed by atoms with E-state index in [4.69, 9.17) is 5.73 Å². The maximum absolute atomic E-state index is 12.2. The molecule has 24 heavy (non-hydrogen) atoms. The first-order valence-electron chi connectivity index (χ1n) is 8.39. The van der Waals surface area contributed by atoms with Gasteiger partial charge in [-0.05, 0) is 23.8 Å². The number of nitrogens with two attached hydrogens (primary N) is 1. The number of anilines is 2. The molecule has 2 aromatic rings. The summed E-state index contributed by atoms with van der Waals surface area (Å²) in [5.41, 5.74) is 6.62. The molecule has 0 saturated heterocycles. The third kappa shape index (κ3) is 3.37. The summed E-state index contributed by atoms with van der Waals surface area (Å²) in [5, 5.41) is 3.19. The van der Waals surface area contributed by atoms with Crippen LogP contribution >= 0.6 is 0 Å². The second-order valence-electron chi connectivity index (χ2n) is 6.96. The number of H-pyrrole nitrogens is 1. The van der Waals surface area contributed by atoms with Crippen molar-refractivity contribution in [1.82, 2.24) is 9.55 Å². The van der Waals surface area contributed by atoms with Crippen LogP contribution in [0.4, 0.5) is 11.5 Å². The van der Waals surface area contributed by atoms with Gasteiger partial charge in [0.1, 0.15) is 11.5 Å². The van der Waals surface area contributed by atoms with Crippen LogP contribution in [0, 0.1) is 5.41 Å². The fourth-order valence-electron chi connectivity index (χ4n) is 3.39. The van der Waals surface area contributed by atoms with Crippen molar-refractivity contribution in [2.24, 2.45) is 5.41 Å². The Kier molecular flexibility index (Phi) is 4.46. The fourth-order valence-corrected chi connectivity index (χ4v) is 3.39. The second kappa shape index (κ2) is 6.55. The lowest BCUT2D eigenvalue weighted by atomic mass is 9.89. The van der Waals surface area contributed by atoms with Gasteiger partial charge in [0, 0.05) is 6.54 Å². The minimum absolute atomic E-state index is 0.180. The lowest BCUT2D eigenvalue weighted by Gasteiger charge is -2.24. The van der Waals surface area contributed by atoms with Crippen molar-refractivity contribution >= 4 is 11.5 Å². The smallest absolute Gasteiger partial charge is 0.330 e. The summed E-state index contributed by atoms with van der Waals surface area (Å²) in [6.45, 7) is 3.23. The van der Waals surface area contributed by atoms with Crippen LogP contribution in [0.15, 0.2) is 39.9 Å². The Labute approximate surface area is 140 Å². The number of hydrogen-bond acceptors (Lipinski definition) is 4. The zero-order chi connectivity index (χ0) is 17.2. The quantitative estimate of drug-likeness (QED) is 0.784. The van der Waals surface area contributed by atoms with E-state index < -0.39 is 11.2 Å². The molecule has 6 heteroatoms. The first-order chi connectivity index (χ1) is 11.5. The minimum atomic E-state index is -0.487. The number of aromatic amines is 1. The molecule has 1 aliphatic carbocycles. The molecule has 3 rings (SSSR count). The molecule has 6 nitrogen and oxygen atoms in total. The van der Waals surface area contributed by atoms with Gasteiger partial charge in [0.05, 0.1) is 6.54 Å². The highest BCUT2D eigenvalue weighted by Gasteiger charge is 2.29. The zero-order valence-electron chi connectivity index (χ0n) is 14.0. The number of aromatic nitrogens is 2. The number of nitrogen functional groups attached to an aromatic ring is 1. The van der Waals surface area contributed by atoms with Crippen LogP contribution in [0.25, 0.3) is 0 Å². The Morgan fingerprint density at radius 1 is 1.21 bits per heavy atom. The van der Waals surface area contributed by atoms with E-state index in [9.17, 15) is 9.59 Å². The summed E-state index contributed by atoms with van der Waals surface area (Å²) in [6, 6.07) is 9.57. The van der Waals surface area contributed by atoms with Gasteiger partial charge in [-0.25, -0.2) is 4.79 Å². The molecule has 1 fully saturated rings. The highest BCUT2D eigenvalue weighted by atomic mass is 16.2. The largest absolute Gasteiger partial charge is 0.383 e. The lowest BCUT2D eigenvalue weighted by molar-refractivity contribution is 0.362. The predicted octanol–water partition coefficient (Wildman–Crippen LogP) is 2.16. The second-order valence-corrected chi connectivity index (χ2v) is 6.96. The standard InChI is InChI=1S/C18H24N4O2/c1-18(9-5-6-10-18)12-20-14-15(19)22(17(24)21-16(14)23)11-13-7-3-2-4-8-13/h2-4,7-8,20H,5-6,9-12,19H2,1H3,(H,21,23,24). The molecule has 0 unspecified atom stereocenters. The third-order valence-electron chi connectivity index (χ3n) is 4.93. The molecule has 1 aliphatic rings. The lowest BCUT2D eigenvalue weighted by Crippen LogP contribution is -2.36. The Morgan fingerprint density at radius 2 is 1.88 bits per heavy atom. The average Bonchev–Trinajstić information content (AvgIpc) is 2.99. The maximum Gasteiger partial charge on any atom is 0.330 e. The van der Waals surface area contributed by atoms with Crippen molar-refractivity contribution < 1.29 is 0 Å². The van der Waals surface area contributed by atoms with Crippen LogP contribution in [0.3, 0.4) is 0 Å². The van der Waals surface area contributed by atoms with Gasteiger partial charge in [0.15, 0.2) is 0 Å². The molecule has 1 aromatic carbocycles. The normalized spacial score (nSPS) is 16.2. The molecule has 128 valence electrons. The molecule has 0 aliphatic heterocycles. The topological polar surface area (TPSA) is 92.9 Å². The van der Waals surface area contributed by atoms with E-state index in [1.54, 1.807) is 0 Å². The molecule has 0 amide bonds. The van der Waals surface area contributed by atoms with Crippen LogP contribution in [0.2, 0.25) is 0 Å². The van der Waals surface area contributed by atoms with Crippen molar-refractivity contribution in [3.8, 4) is 0 Å². The van der Waals surface area contributed by atoms with E-state index in [-0.39, 0.29) is 11.2 Å². The van der Waals surface area contributed by atoms with E-state index in [1.807, 2.05) is 30.3 Å². The van der Waals surface area contributed by atoms with E-state index >= 15 is 0 Å². The Morgan fingerprint density at radius 3 is 2.54 bits per heavy atom. The van der Waals surface area contributed by atoms with E-state index in [2.05, 4.69) is 17.2 Å². The molecule has 0 radical (unpaired) electrons. The van der Waals surface area contributed by atoms with Gasteiger partial charge in [-0.1, -0.05) is 50.1 Å². The molecule has 4 N–H and O–H groups in total. The molecule has 0 bridgehead atoms. The van der Waals surface area contributed by atoms with Crippen molar-refractivity contribution in [1.29, 1.82) is 0 Å². The Hall–Kier alpha value is -2.50. The molecule has 0 atom stereocenters. The van der Waals surface area contributed by atoms with Crippen molar-refractivity contribution in [2.45, 2.75) is 39.2 Å². The van der Waals surface area contributed by atoms with Crippen molar-refractivity contribution in [2.75, 3.05) is 17.6 Å². The minimum Gasteiger partial charge on any atom is -0.383 e. The van der Waals surface area contributed by atoms with Gasteiger partial charge in [0.2, 0.25) is 0 Å². The van der Waals surface area contributed by atoms with Crippen LogP contribution in [-0.4, -0.2) is 16.1 Å². The molecule has 1 heterocycles. The summed E-state index contributed by atoms with van der Waals surface area (Å²) in [4.78, 5) is 26.7. The van der Waals surface area contributed by atoms with Gasteiger partial charge in [-0.2, -0.15) is 0 Å². The van der Waals surface area contributed by atoms with Crippen LogP contribution in [0.1, 0.15) is 38.2 Å². The first kappa shape index (κ1) is 16.4. The number of rotatable bonds is 5. The van der Waals surface area contributed by atoms with E-state index in [0.29, 0.717) is 18.8 Å². The van der Waals surface area contributed by atoms with E-state index in [0.717, 1.165) is 18.4 Å². The van der Waals surface area contributed by atoms with Crippen LogP contribution < -0.4 is 22.3 Å². The number of nitrogens with zero attached hydrogens (tertiary/aromatic N) is 1. The van der Waals surface area contributed by atoms with Gasteiger partial charge in [-0.3, -0.25) is 14.3 Å². The highest BCUT2D eigenvalue weighted by Crippen LogP contribution is 2.37. The fraction of sp³-hybridized carbons (Fsp3) is 0.444. The molecule has 0 spiro atoms. The first-order valence-corrected chi connectivity index (χ1v) is 8.39. The van der Waals surface area contributed by atoms with Crippen molar-refractivity contribution in [3.63, 3.8) is 0 Å². The van der Waals surface area contributed by atoms with Crippen LogP contribution in [0.5, 0.6) is 0 Å². The maximum atomic E-state index is 12.2. The van der Waals surface area contributed by atoms with Crippen LogP contribution in [-0.2, 0) is 6.54 Å². The van der Waals surface area contributed by atoms with Gasteiger partial charge in [0.25, 0.3) is 5.56 Å². The summed E-state index contributed by atoms with van der Waals surface area (Å²) in [5.74, 6) is 0.189. The summed E-state index contributed by atoms with van der Waals surface area (Å²) < 4.78 is 1.40. The highest BCUT2D eigenvalue weighted by molar-refractivity contribution is 5.60. The van der Waals surface area contributed by atoms with Gasteiger partial charge in [-0.15, -0.1) is 0 Å². The summed E-state index contributed by atoms with van der Waals surface area (Å²) in [7, 11) is 0. The van der Waals surface area contributed by atoms with Gasteiger partial charge >= 0.3 is 5.69 Å². The van der Waals surface area contributed by atoms with Crippen molar-refractivity contribution in [3.05, 3.63) is 56.7 Å². The average molecular weight is 328 g/mol. The molecule has 1 saturated carbocycles. The Bertz CT molecular complexity index is 817. The summed E-state index contributed by atoms with van der Waals surface area (Å²) in [6.07, 6.45) is 4.72. The molecular weight excluding hydrogens is 304 g/mol. The zero-order valence-corrected chi connectivity index (χ0v) is 14.0. The van der Waals surface area contributed by atoms with E-state index in [1.165, 1.54) is 17.4 Å². The summed E-state index contributed by atoms with van der Waals surface area (Å²) >= 11 is 0. The monoisotopic (exact) mass is 328 g/mol. The molecule has 1 aromatic heterocycles. The molecular formula is C18H24N4O2. The number of nitrogens with one attached hydrogen (secondary N) is 2.